The summed E-state index contributed by atoms with van der Waals surface area (Å²) >= 11 is 1.57. The molecule has 3 N–H and O–H groups in total. The molecule has 33 heavy (non-hydrogen) atoms. The molecule has 3 aromatic heterocycles. The highest BCUT2D eigenvalue weighted by Crippen LogP contribution is 2.54. The summed E-state index contributed by atoms with van der Waals surface area (Å²) in [6.45, 7) is 3.78. The minimum absolute atomic E-state index is 0.283. The van der Waals surface area contributed by atoms with E-state index in [1.807, 2.05) is 12.3 Å². The van der Waals surface area contributed by atoms with Gasteiger partial charge in [-0.3, -0.25) is 0 Å². The van der Waals surface area contributed by atoms with Gasteiger partial charge in [-0.1, -0.05) is 5.16 Å². The third-order valence-electron chi connectivity index (χ3n) is 7.38. The summed E-state index contributed by atoms with van der Waals surface area (Å²) in [5.41, 5.74) is 10.6. The summed E-state index contributed by atoms with van der Waals surface area (Å²) in [6.07, 6.45) is 8.81. The molecular formula is C24H27N7OS. The van der Waals surface area contributed by atoms with Crippen LogP contribution in [0.25, 0.3) is 11.5 Å². The molecule has 0 bridgehead atoms. The first kappa shape index (κ1) is 20.6. The molecule has 9 heteroatoms. The van der Waals surface area contributed by atoms with E-state index in [1.165, 1.54) is 4.88 Å². The summed E-state index contributed by atoms with van der Waals surface area (Å²) in [5, 5.41) is 18.6. The zero-order valence-corrected chi connectivity index (χ0v) is 19.4. The predicted octanol–water partition coefficient (Wildman–Crippen LogP) is 3.41. The van der Waals surface area contributed by atoms with Crippen LogP contribution in [0.15, 0.2) is 16.8 Å². The highest BCUT2D eigenvalue weighted by atomic mass is 32.1. The van der Waals surface area contributed by atoms with Crippen LogP contribution in [-0.2, 0) is 18.3 Å². The molecule has 0 aromatic carbocycles. The number of nitriles is 1. The first-order chi connectivity index (χ1) is 16.2. The zero-order chi connectivity index (χ0) is 22.4. The van der Waals surface area contributed by atoms with Gasteiger partial charge < -0.3 is 20.5 Å². The molecule has 1 saturated heterocycles. The highest BCUT2D eigenvalue weighted by Gasteiger charge is 2.48. The molecule has 1 spiro atoms. The fourth-order valence-electron chi connectivity index (χ4n) is 5.93. The molecule has 1 atom stereocenters. The number of rotatable bonds is 2. The Bertz CT molecular complexity index is 1230. The van der Waals surface area contributed by atoms with Crippen LogP contribution in [0.3, 0.4) is 0 Å². The zero-order valence-electron chi connectivity index (χ0n) is 18.6. The normalized spacial score (nSPS) is 22.5. The summed E-state index contributed by atoms with van der Waals surface area (Å²) in [4.78, 5) is 12.9. The number of nitrogens with two attached hydrogens (primary N) is 1. The van der Waals surface area contributed by atoms with Crippen LogP contribution >= 0.6 is 11.3 Å². The van der Waals surface area contributed by atoms with Crippen molar-refractivity contribution in [2.24, 2.45) is 0 Å². The smallest absolute Gasteiger partial charge is 0.226 e. The molecule has 1 aliphatic heterocycles. The van der Waals surface area contributed by atoms with E-state index in [2.05, 4.69) is 26.4 Å². The monoisotopic (exact) mass is 461 g/mol. The van der Waals surface area contributed by atoms with E-state index in [0.29, 0.717) is 10.6 Å². The molecule has 6 rings (SSSR count). The van der Waals surface area contributed by atoms with Crippen molar-refractivity contribution in [2.75, 3.05) is 36.8 Å². The van der Waals surface area contributed by atoms with E-state index in [-0.39, 0.29) is 5.41 Å². The number of anilines is 2. The van der Waals surface area contributed by atoms with Crippen LogP contribution in [0.2, 0.25) is 0 Å². The van der Waals surface area contributed by atoms with Gasteiger partial charge in [-0.05, 0) is 63.1 Å². The molecule has 3 aromatic rings. The molecule has 0 amide bonds. The lowest BCUT2D eigenvalue weighted by Crippen LogP contribution is -2.36. The lowest BCUT2D eigenvalue weighted by molar-refractivity contribution is 0.337. The average molecular weight is 462 g/mol. The van der Waals surface area contributed by atoms with Crippen molar-refractivity contribution in [2.45, 2.75) is 50.4 Å². The minimum Gasteiger partial charge on any atom is -0.389 e. The third kappa shape index (κ3) is 3.23. The Hall–Kier alpha value is -2.96. The van der Waals surface area contributed by atoms with Crippen molar-refractivity contribution in [3.8, 4) is 17.5 Å². The van der Waals surface area contributed by atoms with Crippen molar-refractivity contribution in [1.29, 1.82) is 5.26 Å². The number of fused-ring (bicyclic) bond motifs is 4. The van der Waals surface area contributed by atoms with Crippen LogP contribution in [0.5, 0.6) is 0 Å². The van der Waals surface area contributed by atoms with Gasteiger partial charge in [0.1, 0.15) is 16.8 Å². The molecule has 0 radical (unpaired) electrons. The molecule has 2 aliphatic carbocycles. The van der Waals surface area contributed by atoms with E-state index >= 15 is 0 Å². The topological polar surface area (TPSA) is 117 Å². The summed E-state index contributed by atoms with van der Waals surface area (Å²) in [5.74, 6) is 1.48. The molecule has 0 unspecified atom stereocenters. The van der Waals surface area contributed by atoms with Crippen LogP contribution in [-0.4, -0.2) is 41.3 Å². The number of thiophene rings is 1. The Morgan fingerprint density at radius 3 is 2.94 bits per heavy atom. The maximum Gasteiger partial charge on any atom is 0.226 e. The number of nitrogens with one attached hydrogen (secondary N) is 1. The third-order valence-corrected chi connectivity index (χ3v) is 8.46. The maximum absolute atomic E-state index is 9.89. The molecule has 8 nitrogen and oxygen atoms in total. The first-order valence-electron chi connectivity index (χ1n) is 11.8. The number of aryl methyl sites for hydroxylation is 1. The van der Waals surface area contributed by atoms with E-state index in [4.69, 9.17) is 15.2 Å². The van der Waals surface area contributed by atoms with Crippen LogP contribution in [0, 0.1) is 11.3 Å². The van der Waals surface area contributed by atoms with Crippen LogP contribution in [0.1, 0.15) is 59.4 Å². The molecule has 170 valence electrons. The van der Waals surface area contributed by atoms with Crippen molar-refractivity contribution in [1.82, 2.24) is 20.4 Å². The summed E-state index contributed by atoms with van der Waals surface area (Å²) in [6, 6.07) is 4.30. The number of hydrogen-bond donors (Lipinski definition) is 2. The van der Waals surface area contributed by atoms with Crippen LogP contribution < -0.4 is 16.0 Å². The van der Waals surface area contributed by atoms with Crippen LogP contribution in [0.4, 0.5) is 10.9 Å². The second-order valence-corrected chi connectivity index (χ2v) is 10.3. The van der Waals surface area contributed by atoms with Crippen molar-refractivity contribution < 1.29 is 4.52 Å². The molecule has 4 heterocycles. The van der Waals surface area contributed by atoms with E-state index < -0.39 is 0 Å². The Morgan fingerprint density at radius 1 is 1.18 bits per heavy atom. The number of aromatic nitrogens is 3. The van der Waals surface area contributed by atoms with Gasteiger partial charge in [0.05, 0.1) is 11.3 Å². The van der Waals surface area contributed by atoms with Crippen molar-refractivity contribution in [3.05, 3.63) is 39.5 Å². The molecule has 3 aliphatic rings. The first-order valence-corrected chi connectivity index (χ1v) is 12.6. The van der Waals surface area contributed by atoms with Gasteiger partial charge in [-0.25, -0.2) is 9.97 Å². The van der Waals surface area contributed by atoms with Gasteiger partial charge in [-0.15, -0.1) is 11.3 Å². The number of nitrogen functional groups attached to an aromatic ring is 1. The standard InChI is InChI=1S/C24H27N7OS/c25-14-16-19-18(33-22(16)26)5-2-8-24(19)7-1-4-15-20(32-30-21(15)24)17-6-10-28-23(29-17)31-12-3-9-27-11-13-31/h6,10,27H,1-5,7-9,11-13,26H2/t24-/m0/s1. The largest absolute Gasteiger partial charge is 0.389 e. The van der Waals surface area contributed by atoms with Gasteiger partial charge in [0.15, 0.2) is 5.76 Å². The van der Waals surface area contributed by atoms with Gasteiger partial charge in [0.2, 0.25) is 5.95 Å². The van der Waals surface area contributed by atoms with Gasteiger partial charge in [-0.2, -0.15) is 5.26 Å². The lowest BCUT2D eigenvalue weighted by atomic mass is 9.62. The maximum atomic E-state index is 9.89. The SMILES string of the molecule is N#Cc1c(N)sc2c1[C@@]1(CCC2)CCCc2c1noc2-c1ccnc(N2CCCNCC2)n1. The second kappa shape index (κ2) is 8.12. The van der Waals surface area contributed by atoms with E-state index in [0.717, 1.165) is 105 Å². The van der Waals surface area contributed by atoms with Crippen molar-refractivity contribution in [3.63, 3.8) is 0 Å². The predicted molar refractivity (Wildman–Crippen MR) is 127 cm³/mol. The molecular weight excluding hydrogens is 434 g/mol. The van der Waals surface area contributed by atoms with Gasteiger partial charge >= 0.3 is 0 Å². The Balaban J connectivity index is 1.44. The number of nitrogens with zero attached hydrogens (tertiary/aromatic N) is 5. The highest BCUT2D eigenvalue weighted by molar-refractivity contribution is 7.16. The average Bonchev–Trinajstić information content (AvgIpc) is 3.30. The number of hydrogen-bond acceptors (Lipinski definition) is 9. The lowest BCUT2D eigenvalue weighted by Gasteiger charge is -2.39. The van der Waals surface area contributed by atoms with E-state index in [9.17, 15) is 5.26 Å². The Morgan fingerprint density at radius 2 is 2.06 bits per heavy atom. The quantitative estimate of drug-likeness (QED) is 0.596. The Labute approximate surface area is 196 Å². The second-order valence-electron chi connectivity index (χ2n) is 9.21. The minimum atomic E-state index is -0.283. The fraction of sp³-hybridized carbons (Fsp3) is 0.500. The van der Waals surface area contributed by atoms with E-state index in [1.54, 1.807) is 11.3 Å². The Kier molecular flexibility index (Phi) is 5.07. The summed E-state index contributed by atoms with van der Waals surface area (Å²) in [7, 11) is 0. The van der Waals surface area contributed by atoms with Gasteiger partial charge in [0.25, 0.3) is 0 Å². The van der Waals surface area contributed by atoms with Crippen molar-refractivity contribution >= 4 is 22.3 Å². The summed E-state index contributed by atoms with van der Waals surface area (Å²) < 4.78 is 6.01. The fourth-order valence-corrected chi connectivity index (χ4v) is 7.09. The van der Waals surface area contributed by atoms with Gasteiger partial charge in [0, 0.05) is 41.7 Å². The molecule has 0 saturated carbocycles. The molecule has 1 fully saturated rings.